The topological polar surface area (TPSA) is 38.3 Å². The van der Waals surface area contributed by atoms with Crippen LogP contribution in [0.2, 0.25) is 5.02 Å². The molecule has 0 atom stereocenters. The molecule has 0 fully saturated rings. The Balaban J connectivity index is 2.44. The number of hydrogen-bond donors (Lipinski definition) is 1. The molecule has 0 aliphatic heterocycles. The number of hydrogen-bond acceptors (Lipinski definition) is 2. The van der Waals surface area contributed by atoms with Crippen molar-refractivity contribution in [3.8, 4) is 5.75 Å². The van der Waals surface area contributed by atoms with Crippen molar-refractivity contribution in [3.05, 3.63) is 28.8 Å². The van der Waals surface area contributed by atoms with Crippen molar-refractivity contribution in [2.24, 2.45) is 0 Å². The minimum atomic E-state index is -0.0542. The molecule has 0 radical (unpaired) electrons. The van der Waals surface area contributed by atoms with E-state index in [-0.39, 0.29) is 5.91 Å². The van der Waals surface area contributed by atoms with Gasteiger partial charge in [0.25, 0.3) is 0 Å². The van der Waals surface area contributed by atoms with Crippen molar-refractivity contribution in [2.75, 3.05) is 13.2 Å². The Labute approximate surface area is 94.4 Å². The maximum atomic E-state index is 10.6. The lowest BCUT2D eigenvalue weighted by atomic mass is 10.2. The Morgan fingerprint density at radius 2 is 2.27 bits per heavy atom. The first-order valence-electron chi connectivity index (χ1n) is 4.73. The third-order valence-electron chi connectivity index (χ3n) is 1.95. The molecule has 4 heteroatoms. The van der Waals surface area contributed by atoms with Gasteiger partial charge in [-0.15, -0.1) is 0 Å². The quantitative estimate of drug-likeness (QED) is 0.801. The molecule has 0 bridgehead atoms. The molecule has 0 spiro atoms. The van der Waals surface area contributed by atoms with E-state index in [0.717, 1.165) is 11.3 Å². The summed E-state index contributed by atoms with van der Waals surface area (Å²) in [6.07, 6.45) is 0. The lowest BCUT2D eigenvalue weighted by Gasteiger charge is -2.09. The summed E-state index contributed by atoms with van der Waals surface area (Å²) in [6, 6.07) is 5.51. The van der Waals surface area contributed by atoms with Gasteiger partial charge < -0.3 is 10.1 Å². The molecule has 1 rings (SSSR count). The van der Waals surface area contributed by atoms with Gasteiger partial charge in [-0.1, -0.05) is 17.7 Å². The zero-order valence-electron chi connectivity index (χ0n) is 8.84. The maximum Gasteiger partial charge on any atom is 0.216 e. The molecule has 1 aromatic carbocycles. The first-order chi connectivity index (χ1) is 7.11. The van der Waals surface area contributed by atoms with Crippen LogP contribution in [0.25, 0.3) is 0 Å². The van der Waals surface area contributed by atoms with Gasteiger partial charge in [0.05, 0.1) is 6.54 Å². The first kappa shape index (κ1) is 11.9. The Hall–Kier alpha value is -1.22. The van der Waals surface area contributed by atoms with Crippen LogP contribution in [0.5, 0.6) is 5.75 Å². The van der Waals surface area contributed by atoms with E-state index in [4.69, 9.17) is 16.3 Å². The fourth-order valence-corrected chi connectivity index (χ4v) is 1.30. The molecule has 1 amide bonds. The summed E-state index contributed by atoms with van der Waals surface area (Å²) < 4.78 is 5.47. The number of rotatable bonds is 4. The highest BCUT2D eigenvalue weighted by atomic mass is 35.5. The third kappa shape index (κ3) is 3.80. The van der Waals surface area contributed by atoms with Crippen molar-refractivity contribution in [1.82, 2.24) is 5.32 Å². The summed E-state index contributed by atoms with van der Waals surface area (Å²) in [4.78, 5) is 10.6. The average molecular weight is 228 g/mol. The highest BCUT2D eigenvalue weighted by molar-refractivity contribution is 6.31. The van der Waals surface area contributed by atoms with Gasteiger partial charge in [-0.05, 0) is 19.1 Å². The van der Waals surface area contributed by atoms with Gasteiger partial charge in [-0.3, -0.25) is 4.79 Å². The maximum absolute atomic E-state index is 10.6. The van der Waals surface area contributed by atoms with Crippen LogP contribution < -0.4 is 10.1 Å². The molecule has 0 unspecified atom stereocenters. The summed E-state index contributed by atoms with van der Waals surface area (Å²) >= 11 is 5.93. The van der Waals surface area contributed by atoms with Crippen LogP contribution in [0.15, 0.2) is 18.2 Å². The summed E-state index contributed by atoms with van der Waals surface area (Å²) in [5.41, 5.74) is 0.919. The Morgan fingerprint density at radius 3 is 2.93 bits per heavy atom. The number of benzene rings is 1. The molecule has 15 heavy (non-hydrogen) atoms. The predicted octanol–water partition coefficient (Wildman–Crippen LogP) is 2.16. The fourth-order valence-electron chi connectivity index (χ4n) is 1.13. The van der Waals surface area contributed by atoms with E-state index in [1.165, 1.54) is 6.92 Å². The molecule has 0 heterocycles. The van der Waals surface area contributed by atoms with Crippen LogP contribution in [0.1, 0.15) is 12.5 Å². The van der Waals surface area contributed by atoms with E-state index in [9.17, 15) is 4.79 Å². The zero-order valence-corrected chi connectivity index (χ0v) is 9.60. The number of nitrogens with one attached hydrogen (secondary N) is 1. The van der Waals surface area contributed by atoms with Crippen molar-refractivity contribution in [2.45, 2.75) is 13.8 Å². The second kappa shape index (κ2) is 5.61. The number of carbonyl (C=O) groups excluding carboxylic acids is 1. The van der Waals surface area contributed by atoms with Crippen molar-refractivity contribution in [3.63, 3.8) is 0 Å². The number of ether oxygens (including phenoxy) is 1. The highest BCUT2D eigenvalue weighted by Gasteiger charge is 2.02. The van der Waals surface area contributed by atoms with E-state index in [0.29, 0.717) is 18.2 Å². The van der Waals surface area contributed by atoms with Crippen LogP contribution in [0.3, 0.4) is 0 Å². The lowest BCUT2D eigenvalue weighted by molar-refractivity contribution is -0.119. The Kier molecular flexibility index (Phi) is 4.43. The number of amides is 1. The Bertz CT molecular complexity index is 352. The van der Waals surface area contributed by atoms with E-state index in [1.54, 1.807) is 0 Å². The molecule has 0 aromatic heterocycles. The summed E-state index contributed by atoms with van der Waals surface area (Å²) in [5.74, 6) is 0.703. The van der Waals surface area contributed by atoms with E-state index in [1.807, 2.05) is 25.1 Å². The van der Waals surface area contributed by atoms with Gasteiger partial charge in [0, 0.05) is 17.5 Å². The zero-order chi connectivity index (χ0) is 11.3. The van der Waals surface area contributed by atoms with Crippen molar-refractivity contribution < 1.29 is 9.53 Å². The molecule has 1 aromatic rings. The molecule has 1 N–H and O–H groups in total. The van der Waals surface area contributed by atoms with Crippen LogP contribution in [0.4, 0.5) is 0 Å². The number of halogens is 1. The minimum absolute atomic E-state index is 0.0542. The average Bonchev–Trinajstić information content (AvgIpc) is 2.18. The summed E-state index contributed by atoms with van der Waals surface area (Å²) in [6.45, 7) is 4.32. The Morgan fingerprint density at radius 1 is 1.53 bits per heavy atom. The fraction of sp³-hybridized carbons (Fsp3) is 0.364. The van der Waals surface area contributed by atoms with Gasteiger partial charge in [0.15, 0.2) is 0 Å². The molecular weight excluding hydrogens is 214 g/mol. The molecule has 0 aliphatic carbocycles. The highest BCUT2D eigenvalue weighted by Crippen LogP contribution is 2.24. The van der Waals surface area contributed by atoms with Crippen LogP contribution in [-0.4, -0.2) is 19.1 Å². The van der Waals surface area contributed by atoms with E-state index in [2.05, 4.69) is 5.32 Å². The predicted molar refractivity (Wildman–Crippen MR) is 60.4 cm³/mol. The lowest BCUT2D eigenvalue weighted by Crippen LogP contribution is -2.25. The second-order valence-corrected chi connectivity index (χ2v) is 3.60. The molecule has 3 nitrogen and oxygen atoms in total. The van der Waals surface area contributed by atoms with Gasteiger partial charge in [-0.2, -0.15) is 0 Å². The molecule has 0 saturated carbocycles. The van der Waals surface area contributed by atoms with Crippen LogP contribution in [-0.2, 0) is 4.79 Å². The van der Waals surface area contributed by atoms with Gasteiger partial charge in [-0.25, -0.2) is 0 Å². The molecule has 0 aliphatic rings. The van der Waals surface area contributed by atoms with Gasteiger partial charge in [0.2, 0.25) is 5.91 Å². The van der Waals surface area contributed by atoms with Gasteiger partial charge in [0.1, 0.15) is 12.4 Å². The minimum Gasteiger partial charge on any atom is -0.491 e. The van der Waals surface area contributed by atoms with E-state index >= 15 is 0 Å². The second-order valence-electron chi connectivity index (χ2n) is 3.19. The van der Waals surface area contributed by atoms with Crippen molar-refractivity contribution >= 4 is 17.5 Å². The largest absolute Gasteiger partial charge is 0.491 e. The smallest absolute Gasteiger partial charge is 0.216 e. The monoisotopic (exact) mass is 227 g/mol. The standard InChI is InChI=1S/C11H14ClNO2/c1-8-10(12)4-3-5-11(8)15-7-6-13-9(2)14/h3-5H,6-7H2,1-2H3,(H,13,14). The summed E-state index contributed by atoms with van der Waals surface area (Å²) in [7, 11) is 0. The molecular formula is C11H14ClNO2. The van der Waals surface area contributed by atoms with Gasteiger partial charge >= 0.3 is 0 Å². The van der Waals surface area contributed by atoms with Crippen LogP contribution >= 0.6 is 11.6 Å². The summed E-state index contributed by atoms with van der Waals surface area (Å²) in [5, 5.41) is 3.34. The normalized spacial score (nSPS) is 9.80. The third-order valence-corrected chi connectivity index (χ3v) is 2.36. The first-order valence-corrected chi connectivity index (χ1v) is 5.11. The molecule has 82 valence electrons. The van der Waals surface area contributed by atoms with E-state index < -0.39 is 0 Å². The SMILES string of the molecule is CC(=O)NCCOc1cccc(Cl)c1C. The van der Waals surface area contributed by atoms with Crippen molar-refractivity contribution in [1.29, 1.82) is 0 Å². The van der Waals surface area contributed by atoms with Crippen LogP contribution in [0, 0.1) is 6.92 Å². The number of carbonyl (C=O) groups is 1. The molecule has 0 saturated heterocycles.